The number of carboxylic acids is 2. The fraction of sp³-hybridized carbons (Fsp3) is 0. The quantitative estimate of drug-likeness (QED) is 0.469. The molecule has 1 aromatic rings. The molecule has 0 unspecified atom stereocenters. The first-order valence-electron chi connectivity index (χ1n) is 4.25. The van der Waals surface area contributed by atoms with E-state index in [-0.39, 0.29) is 0 Å². The van der Waals surface area contributed by atoms with Crippen molar-refractivity contribution >= 4 is 30.0 Å². The van der Waals surface area contributed by atoms with Crippen molar-refractivity contribution in [2.45, 2.75) is 4.90 Å². The van der Waals surface area contributed by atoms with E-state index in [0.29, 0.717) is 0 Å². The SMILES string of the molecule is C1=Cc2ccccc2SN1.O=C(O)C(=O)O. The van der Waals surface area contributed by atoms with Crippen LogP contribution in [0.25, 0.3) is 6.08 Å². The normalized spacial score (nSPS) is 11.5. The second-order valence-corrected chi connectivity index (χ2v) is 3.58. The van der Waals surface area contributed by atoms with Gasteiger partial charge in [0, 0.05) is 11.1 Å². The Balaban J connectivity index is 0.000000187. The third-order valence-electron chi connectivity index (χ3n) is 1.60. The number of nitrogens with one attached hydrogen (secondary N) is 1. The maximum atomic E-state index is 9.10. The Labute approximate surface area is 95.9 Å². The molecule has 16 heavy (non-hydrogen) atoms. The predicted octanol–water partition coefficient (Wildman–Crippen LogP) is 1.42. The van der Waals surface area contributed by atoms with Crippen molar-refractivity contribution in [1.82, 2.24) is 4.72 Å². The zero-order valence-electron chi connectivity index (χ0n) is 8.08. The maximum absolute atomic E-state index is 9.10. The van der Waals surface area contributed by atoms with E-state index >= 15 is 0 Å². The first-order chi connectivity index (χ1) is 7.61. The van der Waals surface area contributed by atoms with E-state index in [1.54, 1.807) is 11.9 Å². The molecular formula is C10H9NO4S. The molecule has 3 N–H and O–H groups in total. The minimum absolute atomic E-state index is 1.30. The summed E-state index contributed by atoms with van der Waals surface area (Å²) in [5.74, 6) is -3.65. The molecule has 1 aromatic carbocycles. The molecule has 0 fully saturated rings. The smallest absolute Gasteiger partial charge is 0.414 e. The van der Waals surface area contributed by atoms with Crippen molar-refractivity contribution in [3.8, 4) is 0 Å². The van der Waals surface area contributed by atoms with Gasteiger partial charge in [0.05, 0.1) is 0 Å². The van der Waals surface area contributed by atoms with Crippen LogP contribution in [0.2, 0.25) is 0 Å². The molecule has 0 aliphatic carbocycles. The molecule has 0 aromatic heterocycles. The topological polar surface area (TPSA) is 86.6 Å². The molecule has 2 rings (SSSR count). The molecule has 0 bridgehead atoms. The Morgan fingerprint density at radius 2 is 1.75 bits per heavy atom. The van der Waals surface area contributed by atoms with Gasteiger partial charge in [-0.05, 0) is 29.7 Å². The van der Waals surface area contributed by atoms with Crippen molar-refractivity contribution in [1.29, 1.82) is 0 Å². The molecule has 0 saturated carbocycles. The number of hydrogen-bond donors (Lipinski definition) is 3. The van der Waals surface area contributed by atoms with Crippen LogP contribution in [0.1, 0.15) is 5.56 Å². The third kappa shape index (κ3) is 3.66. The average Bonchev–Trinajstić information content (AvgIpc) is 2.30. The number of hydrogen-bond acceptors (Lipinski definition) is 4. The summed E-state index contributed by atoms with van der Waals surface area (Å²) >= 11 is 1.65. The van der Waals surface area contributed by atoms with E-state index in [2.05, 4.69) is 29.0 Å². The summed E-state index contributed by atoms with van der Waals surface area (Å²) in [6, 6.07) is 8.32. The van der Waals surface area contributed by atoms with Gasteiger partial charge in [0.1, 0.15) is 0 Å². The lowest BCUT2D eigenvalue weighted by Gasteiger charge is -2.08. The molecule has 1 aliphatic rings. The first kappa shape index (κ1) is 12.1. The summed E-state index contributed by atoms with van der Waals surface area (Å²) in [6.07, 6.45) is 4.03. The van der Waals surface area contributed by atoms with Crippen LogP contribution in [-0.4, -0.2) is 22.2 Å². The molecular weight excluding hydrogens is 230 g/mol. The molecule has 5 nitrogen and oxygen atoms in total. The number of benzene rings is 1. The van der Waals surface area contributed by atoms with Crippen LogP contribution in [0.3, 0.4) is 0 Å². The minimum atomic E-state index is -1.82. The summed E-state index contributed by atoms with van der Waals surface area (Å²) in [4.78, 5) is 19.5. The second-order valence-electron chi connectivity index (χ2n) is 2.70. The summed E-state index contributed by atoms with van der Waals surface area (Å²) in [7, 11) is 0. The number of aliphatic carboxylic acids is 2. The summed E-state index contributed by atoms with van der Waals surface area (Å²) in [6.45, 7) is 0. The molecule has 0 radical (unpaired) electrons. The lowest BCUT2D eigenvalue weighted by atomic mass is 10.2. The maximum Gasteiger partial charge on any atom is 0.414 e. The zero-order chi connectivity index (χ0) is 12.0. The van der Waals surface area contributed by atoms with Gasteiger partial charge in [-0.15, -0.1) is 0 Å². The van der Waals surface area contributed by atoms with E-state index < -0.39 is 11.9 Å². The van der Waals surface area contributed by atoms with Gasteiger partial charge >= 0.3 is 11.9 Å². The Morgan fingerprint density at radius 3 is 2.31 bits per heavy atom. The molecule has 0 saturated heterocycles. The largest absolute Gasteiger partial charge is 0.473 e. The Morgan fingerprint density at radius 1 is 1.12 bits per heavy atom. The van der Waals surface area contributed by atoms with Gasteiger partial charge in [-0.3, -0.25) is 0 Å². The molecule has 84 valence electrons. The number of carboxylic acid groups (broad SMARTS) is 2. The van der Waals surface area contributed by atoms with Crippen molar-refractivity contribution in [2.75, 3.05) is 0 Å². The molecule has 0 spiro atoms. The third-order valence-corrected chi connectivity index (χ3v) is 2.45. The van der Waals surface area contributed by atoms with Crippen molar-refractivity contribution < 1.29 is 19.8 Å². The number of fused-ring (bicyclic) bond motifs is 1. The highest BCUT2D eigenvalue weighted by atomic mass is 32.2. The molecule has 1 aliphatic heterocycles. The predicted molar refractivity (Wildman–Crippen MR) is 59.7 cm³/mol. The van der Waals surface area contributed by atoms with Crippen LogP contribution in [0.4, 0.5) is 0 Å². The Bertz CT molecular complexity index is 419. The van der Waals surface area contributed by atoms with Gasteiger partial charge in [0.2, 0.25) is 0 Å². The summed E-state index contributed by atoms with van der Waals surface area (Å²) in [5.41, 5.74) is 1.30. The fourth-order valence-electron chi connectivity index (χ4n) is 0.932. The summed E-state index contributed by atoms with van der Waals surface area (Å²) in [5, 5.41) is 14.8. The van der Waals surface area contributed by atoms with Gasteiger partial charge < -0.3 is 14.9 Å². The standard InChI is InChI=1S/C8H7NS.C2H2O4/c1-2-4-8-7(3-1)5-6-9-10-8;3-1(4)2(5)6/h1-6,9H;(H,3,4)(H,5,6). The van der Waals surface area contributed by atoms with Gasteiger partial charge in [-0.1, -0.05) is 18.2 Å². The van der Waals surface area contributed by atoms with Crippen LogP contribution >= 0.6 is 11.9 Å². The lowest BCUT2D eigenvalue weighted by Crippen LogP contribution is -2.09. The van der Waals surface area contributed by atoms with Gasteiger partial charge in [-0.2, -0.15) is 0 Å². The highest BCUT2D eigenvalue weighted by molar-refractivity contribution is 7.97. The van der Waals surface area contributed by atoms with Gasteiger partial charge in [0.25, 0.3) is 0 Å². The first-order valence-corrected chi connectivity index (χ1v) is 5.07. The zero-order valence-corrected chi connectivity index (χ0v) is 8.90. The van der Waals surface area contributed by atoms with Crippen LogP contribution < -0.4 is 4.72 Å². The van der Waals surface area contributed by atoms with Gasteiger partial charge in [-0.25, -0.2) is 9.59 Å². The summed E-state index contributed by atoms with van der Waals surface area (Å²) < 4.78 is 3.08. The van der Waals surface area contributed by atoms with Gasteiger partial charge in [0.15, 0.2) is 0 Å². The molecule has 0 amide bonds. The Kier molecular flexibility index (Phi) is 4.41. The molecule has 6 heteroatoms. The van der Waals surface area contributed by atoms with E-state index in [4.69, 9.17) is 19.8 Å². The lowest BCUT2D eigenvalue weighted by molar-refractivity contribution is -0.159. The van der Waals surface area contributed by atoms with E-state index in [9.17, 15) is 0 Å². The number of carbonyl (C=O) groups is 2. The van der Waals surface area contributed by atoms with E-state index in [1.165, 1.54) is 10.5 Å². The van der Waals surface area contributed by atoms with Crippen LogP contribution in [-0.2, 0) is 9.59 Å². The molecule has 1 heterocycles. The second kappa shape index (κ2) is 5.82. The monoisotopic (exact) mass is 239 g/mol. The highest BCUT2D eigenvalue weighted by Crippen LogP contribution is 2.23. The van der Waals surface area contributed by atoms with E-state index in [1.807, 2.05) is 12.3 Å². The Hall–Kier alpha value is -1.95. The fourth-order valence-corrected chi connectivity index (χ4v) is 1.60. The van der Waals surface area contributed by atoms with Crippen molar-refractivity contribution in [3.05, 3.63) is 36.0 Å². The van der Waals surface area contributed by atoms with Crippen LogP contribution in [0.5, 0.6) is 0 Å². The highest BCUT2D eigenvalue weighted by Gasteiger charge is 2.04. The molecule has 0 atom stereocenters. The number of rotatable bonds is 0. The van der Waals surface area contributed by atoms with Crippen LogP contribution in [0.15, 0.2) is 35.4 Å². The van der Waals surface area contributed by atoms with Crippen molar-refractivity contribution in [2.24, 2.45) is 0 Å². The van der Waals surface area contributed by atoms with E-state index in [0.717, 1.165) is 0 Å². The van der Waals surface area contributed by atoms with Crippen LogP contribution in [0, 0.1) is 0 Å². The van der Waals surface area contributed by atoms with Crippen molar-refractivity contribution in [3.63, 3.8) is 0 Å². The minimum Gasteiger partial charge on any atom is -0.473 e. The average molecular weight is 239 g/mol.